The maximum atomic E-state index is 12.2. The van der Waals surface area contributed by atoms with Crippen molar-refractivity contribution in [3.8, 4) is 0 Å². The molecule has 10 nitrogen and oxygen atoms in total. The molecule has 0 aromatic heterocycles. The van der Waals surface area contributed by atoms with Gasteiger partial charge in [-0.3, -0.25) is 0 Å². The molecular formula is C24H46NO9Si2WY-. The van der Waals surface area contributed by atoms with Crippen LogP contribution in [0.2, 0.25) is 22.2 Å². The summed E-state index contributed by atoms with van der Waals surface area (Å²) in [6.45, 7) is 18.2. The summed E-state index contributed by atoms with van der Waals surface area (Å²) in [4.78, 5) is 12.2. The molecule has 3 N–H and O–H groups in total. The van der Waals surface area contributed by atoms with Crippen LogP contribution in [-0.4, -0.2) is 93.9 Å². The van der Waals surface area contributed by atoms with E-state index in [0.29, 0.717) is 6.61 Å². The number of ether oxygens (including phenoxy) is 2. The van der Waals surface area contributed by atoms with Crippen molar-refractivity contribution < 1.29 is 96.3 Å². The summed E-state index contributed by atoms with van der Waals surface area (Å²) in [5, 5.41) is 38.9. The van der Waals surface area contributed by atoms with Crippen LogP contribution in [0.5, 0.6) is 0 Å². The summed E-state index contributed by atoms with van der Waals surface area (Å²) in [5.41, 5.74) is -3.51. The fourth-order valence-corrected chi connectivity index (χ4v) is 17.4. The molecule has 2 heterocycles. The third-order valence-corrected chi connectivity index (χ3v) is 18.5. The Morgan fingerprint density at radius 3 is 1.76 bits per heavy atom. The Hall–Kier alpha value is 1.38. The first kappa shape index (κ1) is 37.4. The van der Waals surface area contributed by atoms with Crippen molar-refractivity contribution in [2.24, 2.45) is 0 Å². The first-order valence-electron chi connectivity index (χ1n) is 13.2. The van der Waals surface area contributed by atoms with E-state index in [9.17, 15) is 20.1 Å². The van der Waals surface area contributed by atoms with Crippen LogP contribution in [0.3, 0.4) is 0 Å². The number of hydrogen-bond donors (Lipinski definition) is 3. The molecule has 38 heavy (non-hydrogen) atoms. The van der Waals surface area contributed by atoms with Gasteiger partial charge in [-0.1, -0.05) is 55.4 Å². The van der Waals surface area contributed by atoms with Crippen molar-refractivity contribution >= 4 is 23.0 Å². The molecule has 0 aromatic carbocycles. The van der Waals surface area contributed by atoms with Crippen LogP contribution in [0.4, 0.5) is 0 Å². The number of aliphatic hydroxyl groups is 3. The fraction of sp³-hybridized carbons (Fsp3) is 0.958. The van der Waals surface area contributed by atoms with Crippen LogP contribution in [0.15, 0.2) is 0 Å². The minimum absolute atomic E-state index is 0. The molecule has 3 rings (SSSR count). The zero-order valence-electron chi connectivity index (χ0n) is 24.2. The van der Waals surface area contributed by atoms with Gasteiger partial charge in [-0.05, 0) is 41.0 Å². The number of hydrogen-bond acceptors (Lipinski definition) is 9. The van der Waals surface area contributed by atoms with Gasteiger partial charge in [0.25, 0.3) is 0 Å². The number of carbonyl (C=O) groups is 1. The summed E-state index contributed by atoms with van der Waals surface area (Å²) >= 11 is 0. The summed E-state index contributed by atoms with van der Waals surface area (Å²) in [7, 11) is -6.26. The molecule has 219 valence electrons. The Balaban J connectivity index is 0.00000361. The standard InChI is InChI=1S/C24H47NO9Si2.W.Y/c1-10-30-13-31-12-24(29)20(28)19(27)23(11-18(26)25-23)21-22(24)33-36(16(6)7,17(8)9)34-35(32-21,14(2)3)15(4)5;;/h14-17,19-22,27-29H,10-13H2,1-9H3,(H,25,26);;/p-1/t19-,20+,21+,22-,23+,24-;;/m0../s1. The zero-order valence-corrected chi connectivity index (χ0v) is 31.9. The summed E-state index contributed by atoms with van der Waals surface area (Å²) in [6, 6.07) is 0. The number of nitrogens with zero attached hydrogens (tertiary/aromatic N) is 1. The average molecular weight is 822 g/mol. The van der Waals surface area contributed by atoms with Gasteiger partial charge in [0.1, 0.15) is 24.6 Å². The molecule has 3 aliphatic rings. The SMILES string of the molecule is CCOCOC[C@]1(O)[C@H](O)[C@H](O)[C@]2(CC(=O)[N-]2)[C@@H]2O[Si](C(C)C)(C(C)C)O[Si](C(C)C)(C(C)C)O[C@@H]21.[W].[Y]. The Labute approximate surface area is 269 Å². The maximum Gasteiger partial charge on any atom is 0.335 e. The number of fused-ring (bicyclic) bond motifs is 2. The summed E-state index contributed by atoms with van der Waals surface area (Å²) in [5.74, 6) is -0.385. The van der Waals surface area contributed by atoms with E-state index < -0.39 is 52.7 Å². The molecule has 3 fully saturated rings. The Morgan fingerprint density at radius 2 is 1.37 bits per heavy atom. The molecule has 1 saturated carbocycles. The molecular weight excluding hydrogens is 775 g/mol. The predicted molar refractivity (Wildman–Crippen MR) is 138 cm³/mol. The molecule has 1 spiro atoms. The Kier molecular flexibility index (Phi) is 13.6. The van der Waals surface area contributed by atoms with E-state index in [1.807, 2.05) is 6.92 Å². The minimum Gasteiger partial charge on any atom is -0.644 e. The predicted octanol–water partition coefficient (Wildman–Crippen LogP) is 2.83. The van der Waals surface area contributed by atoms with Gasteiger partial charge in [-0.15, -0.1) is 0 Å². The van der Waals surface area contributed by atoms with Gasteiger partial charge in [0.2, 0.25) is 0 Å². The maximum absolute atomic E-state index is 12.2. The number of rotatable bonds is 9. The second-order valence-electron chi connectivity index (χ2n) is 11.8. The van der Waals surface area contributed by atoms with Gasteiger partial charge < -0.3 is 47.9 Å². The first-order valence-corrected chi connectivity index (χ1v) is 17.1. The van der Waals surface area contributed by atoms with Crippen LogP contribution < -0.4 is 0 Å². The number of β-lactam (4-membered cyclic amide) rings is 1. The second kappa shape index (κ2) is 13.8. The van der Waals surface area contributed by atoms with E-state index in [2.05, 4.69) is 60.7 Å². The van der Waals surface area contributed by atoms with Gasteiger partial charge in [0.05, 0.1) is 24.7 Å². The van der Waals surface area contributed by atoms with Crippen molar-refractivity contribution in [3.05, 3.63) is 5.32 Å². The molecule has 14 heteroatoms. The molecule has 2 aliphatic heterocycles. The molecule has 1 amide bonds. The third-order valence-electron chi connectivity index (χ3n) is 8.22. The van der Waals surface area contributed by atoms with E-state index in [-0.39, 0.29) is 102 Å². The van der Waals surface area contributed by atoms with Crippen LogP contribution in [0.25, 0.3) is 5.32 Å². The summed E-state index contributed by atoms with van der Waals surface area (Å²) in [6.07, 6.45) is -5.50. The molecule has 0 unspecified atom stereocenters. The Morgan fingerprint density at radius 1 is 0.921 bits per heavy atom. The van der Waals surface area contributed by atoms with E-state index in [4.69, 9.17) is 22.4 Å². The van der Waals surface area contributed by atoms with Crippen LogP contribution in [0, 0.1) is 0 Å². The van der Waals surface area contributed by atoms with Crippen LogP contribution >= 0.6 is 0 Å². The molecule has 6 atom stereocenters. The largest absolute Gasteiger partial charge is 0.644 e. The second-order valence-corrected chi connectivity index (χ2v) is 20.5. The van der Waals surface area contributed by atoms with Crippen molar-refractivity contribution in [3.63, 3.8) is 0 Å². The average Bonchev–Trinajstić information content (AvgIpc) is 2.95. The minimum atomic E-state index is -3.15. The molecule has 1 aliphatic carbocycles. The monoisotopic (exact) mass is 821 g/mol. The van der Waals surface area contributed by atoms with Gasteiger partial charge in [-0.2, -0.15) is 0 Å². The normalized spacial score (nSPS) is 35.8. The zero-order chi connectivity index (χ0) is 27.3. The summed E-state index contributed by atoms with van der Waals surface area (Å²) < 4.78 is 32.0. The topological polar surface area (TPSA) is 138 Å². The van der Waals surface area contributed by atoms with Gasteiger partial charge in [-0.25, -0.2) is 0 Å². The van der Waals surface area contributed by atoms with Crippen LogP contribution in [0.1, 0.15) is 68.7 Å². The fourth-order valence-electron chi connectivity index (χ4n) is 6.09. The number of amides is 1. The van der Waals surface area contributed by atoms with E-state index in [0.717, 1.165) is 0 Å². The molecule has 0 bridgehead atoms. The number of aliphatic hydroxyl groups excluding tert-OH is 2. The van der Waals surface area contributed by atoms with Crippen molar-refractivity contribution in [1.29, 1.82) is 0 Å². The Bertz CT molecular complexity index is 785. The third kappa shape index (κ3) is 6.06. The molecule has 1 radical (unpaired) electrons. The smallest absolute Gasteiger partial charge is 0.335 e. The first-order chi connectivity index (χ1) is 16.6. The molecule has 2 saturated heterocycles. The van der Waals surface area contributed by atoms with Gasteiger partial charge >= 0.3 is 17.1 Å². The van der Waals surface area contributed by atoms with Crippen molar-refractivity contribution in [1.82, 2.24) is 0 Å². The molecule has 0 aromatic rings. The van der Waals surface area contributed by atoms with Crippen LogP contribution in [-0.2, 0) is 81.0 Å². The van der Waals surface area contributed by atoms with Gasteiger partial charge in [0, 0.05) is 60.4 Å². The van der Waals surface area contributed by atoms with E-state index in [1.54, 1.807) is 0 Å². The van der Waals surface area contributed by atoms with E-state index in [1.165, 1.54) is 0 Å². The quantitative estimate of drug-likeness (QED) is 0.139. The van der Waals surface area contributed by atoms with Crippen molar-refractivity contribution in [2.45, 2.75) is 126 Å². The van der Waals surface area contributed by atoms with E-state index >= 15 is 0 Å². The van der Waals surface area contributed by atoms with Crippen molar-refractivity contribution in [2.75, 3.05) is 20.0 Å². The number of carbonyl (C=O) groups excluding carboxylic acids is 1. The van der Waals surface area contributed by atoms with Gasteiger partial charge in [0.15, 0.2) is 0 Å².